The molecule has 46 heavy (non-hydrogen) atoms. The number of halogens is 1. The van der Waals surface area contributed by atoms with E-state index in [2.05, 4.69) is 5.32 Å². The van der Waals surface area contributed by atoms with E-state index in [-0.39, 0.29) is 23.8 Å². The van der Waals surface area contributed by atoms with Gasteiger partial charge < -0.3 is 10.2 Å². The first-order chi connectivity index (χ1) is 21.8. The average Bonchev–Trinajstić information content (AvgIpc) is 3.02. The second-order valence-corrected chi connectivity index (χ2v) is 14.6. The summed E-state index contributed by atoms with van der Waals surface area (Å²) in [5, 5.41) is 3.48. The van der Waals surface area contributed by atoms with Crippen molar-refractivity contribution in [1.29, 1.82) is 0 Å². The van der Waals surface area contributed by atoms with E-state index in [1.807, 2.05) is 83.1 Å². The van der Waals surface area contributed by atoms with Crippen molar-refractivity contribution in [2.24, 2.45) is 0 Å². The number of nitrogens with zero attached hydrogens (tertiary/aromatic N) is 2. The Balaban J connectivity index is 1.85. The third kappa shape index (κ3) is 8.77. The Morgan fingerprint density at radius 1 is 0.826 bits per heavy atom. The molecule has 0 radical (unpaired) electrons. The van der Waals surface area contributed by atoms with Gasteiger partial charge in [0.1, 0.15) is 12.6 Å². The Labute approximate surface area is 278 Å². The van der Waals surface area contributed by atoms with Gasteiger partial charge in [-0.15, -0.1) is 0 Å². The second kappa shape index (κ2) is 15.0. The minimum absolute atomic E-state index is 0.00140. The highest BCUT2D eigenvalue weighted by molar-refractivity contribution is 7.92. The van der Waals surface area contributed by atoms with Crippen molar-refractivity contribution >= 4 is 39.1 Å². The molecule has 0 unspecified atom stereocenters. The molecule has 4 aromatic rings. The van der Waals surface area contributed by atoms with Gasteiger partial charge in [0.05, 0.1) is 10.6 Å². The highest BCUT2D eigenvalue weighted by atomic mass is 35.5. The van der Waals surface area contributed by atoms with Crippen molar-refractivity contribution in [1.82, 2.24) is 10.2 Å². The number of carbonyl (C=O) groups excluding carboxylic acids is 2. The molecule has 1 atom stereocenters. The van der Waals surface area contributed by atoms with Gasteiger partial charge in [0, 0.05) is 23.5 Å². The molecule has 9 heteroatoms. The maximum Gasteiger partial charge on any atom is 0.264 e. The van der Waals surface area contributed by atoms with Gasteiger partial charge in [-0.1, -0.05) is 103 Å². The molecule has 0 saturated heterocycles. The Morgan fingerprint density at radius 2 is 1.41 bits per heavy atom. The quantitative estimate of drug-likeness (QED) is 0.178. The molecular weight excluding hydrogens is 618 g/mol. The number of rotatable bonds is 12. The molecule has 0 spiro atoms. The fourth-order valence-corrected chi connectivity index (χ4v) is 6.87. The molecule has 7 nitrogen and oxygen atoms in total. The normalized spacial score (nSPS) is 12.3. The lowest BCUT2D eigenvalue weighted by Crippen LogP contribution is -2.56. The van der Waals surface area contributed by atoms with E-state index >= 15 is 0 Å². The van der Waals surface area contributed by atoms with Gasteiger partial charge in [-0.3, -0.25) is 13.9 Å². The van der Waals surface area contributed by atoms with E-state index in [9.17, 15) is 18.0 Å². The van der Waals surface area contributed by atoms with Crippen LogP contribution in [-0.2, 0) is 39.0 Å². The van der Waals surface area contributed by atoms with Crippen LogP contribution in [0.15, 0.2) is 108 Å². The van der Waals surface area contributed by atoms with Crippen LogP contribution < -0.4 is 9.62 Å². The summed E-state index contributed by atoms with van der Waals surface area (Å²) in [6, 6.07) is 29.4. The molecule has 0 aliphatic carbocycles. The van der Waals surface area contributed by atoms with Crippen molar-refractivity contribution in [3.05, 3.63) is 130 Å². The Morgan fingerprint density at radius 3 is 2.02 bits per heavy atom. The maximum absolute atomic E-state index is 14.7. The summed E-state index contributed by atoms with van der Waals surface area (Å²) >= 11 is 6.59. The minimum atomic E-state index is -4.19. The van der Waals surface area contributed by atoms with Crippen LogP contribution in [0, 0.1) is 6.92 Å². The fraction of sp³-hybridized carbons (Fsp3) is 0.297. The summed E-state index contributed by atoms with van der Waals surface area (Å²) in [6.45, 7) is 8.93. The van der Waals surface area contributed by atoms with Crippen LogP contribution in [0.3, 0.4) is 0 Å². The van der Waals surface area contributed by atoms with Crippen LogP contribution in [0.5, 0.6) is 0 Å². The van der Waals surface area contributed by atoms with Gasteiger partial charge in [0.15, 0.2) is 0 Å². The summed E-state index contributed by atoms with van der Waals surface area (Å²) in [6.07, 6.45) is 0.771. The molecule has 0 aliphatic rings. The van der Waals surface area contributed by atoms with Crippen LogP contribution in [0.2, 0.25) is 5.02 Å². The van der Waals surface area contributed by atoms with Gasteiger partial charge >= 0.3 is 0 Å². The zero-order chi connectivity index (χ0) is 33.5. The van der Waals surface area contributed by atoms with Gasteiger partial charge in [0.25, 0.3) is 10.0 Å². The van der Waals surface area contributed by atoms with E-state index in [0.717, 1.165) is 16.7 Å². The number of nitrogens with one attached hydrogen (secondary N) is 1. The molecule has 0 heterocycles. The molecule has 4 aromatic carbocycles. The Bertz CT molecular complexity index is 1750. The van der Waals surface area contributed by atoms with Gasteiger partial charge in [-0.05, 0) is 75.1 Å². The van der Waals surface area contributed by atoms with Crippen molar-refractivity contribution in [2.75, 3.05) is 10.8 Å². The Kier molecular flexibility index (Phi) is 11.3. The number of para-hydroxylation sites is 1. The van der Waals surface area contributed by atoms with E-state index in [1.54, 1.807) is 54.6 Å². The summed E-state index contributed by atoms with van der Waals surface area (Å²) in [7, 11) is -4.19. The molecule has 4 rings (SSSR count). The van der Waals surface area contributed by atoms with Gasteiger partial charge in [-0.2, -0.15) is 0 Å². The van der Waals surface area contributed by atoms with Crippen LogP contribution in [0.25, 0.3) is 0 Å². The summed E-state index contributed by atoms with van der Waals surface area (Å²) in [5.41, 5.74) is 3.02. The highest BCUT2D eigenvalue weighted by Crippen LogP contribution is 2.29. The smallest absolute Gasteiger partial charge is 0.264 e. The summed E-state index contributed by atoms with van der Waals surface area (Å²) in [4.78, 5) is 30.2. The van der Waals surface area contributed by atoms with Crippen molar-refractivity contribution in [3.8, 4) is 0 Å². The first-order valence-electron chi connectivity index (χ1n) is 15.4. The van der Waals surface area contributed by atoms with Crippen LogP contribution >= 0.6 is 11.6 Å². The number of amides is 2. The number of hydrogen-bond donors (Lipinski definition) is 1. The number of sulfonamides is 1. The average molecular weight is 660 g/mol. The molecule has 0 bridgehead atoms. The topological polar surface area (TPSA) is 86.8 Å². The molecular formula is C37H42ClN3O4S. The zero-order valence-electron chi connectivity index (χ0n) is 27.0. The fourth-order valence-electron chi connectivity index (χ4n) is 5.22. The predicted molar refractivity (Wildman–Crippen MR) is 185 cm³/mol. The first kappa shape index (κ1) is 34.7. The SMILES string of the molecule is CCc1ccccc1N(CC(=O)N(Cc1ccccc1Cl)[C@@H](Cc1ccccc1)C(=O)NC(C)(C)C)S(=O)(=O)c1ccc(C)cc1. The predicted octanol–water partition coefficient (Wildman–Crippen LogP) is 6.96. The highest BCUT2D eigenvalue weighted by Gasteiger charge is 2.36. The number of benzene rings is 4. The Hall–Kier alpha value is -4.14. The molecule has 0 aliphatic heterocycles. The van der Waals surface area contributed by atoms with E-state index < -0.39 is 34.1 Å². The molecule has 0 saturated carbocycles. The largest absolute Gasteiger partial charge is 0.350 e. The van der Waals surface area contributed by atoms with E-state index in [4.69, 9.17) is 11.6 Å². The maximum atomic E-state index is 14.7. The number of aryl methyl sites for hydroxylation is 2. The first-order valence-corrected chi connectivity index (χ1v) is 17.2. The lowest BCUT2D eigenvalue weighted by Gasteiger charge is -2.35. The number of anilines is 1. The molecule has 2 amide bonds. The van der Waals surface area contributed by atoms with Gasteiger partial charge in [-0.25, -0.2) is 8.42 Å². The standard InChI is InChI=1S/C37H42ClN3O4S/c1-6-29-16-11-13-19-33(29)41(46(44,45)31-22-20-27(2)21-23-31)26-35(42)40(25-30-17-10-12-18-32(30)38)34(36(43)39-37(3,4)5)24-28-14-8-7-9-15-28/h7-23,34H,6,24-26H2,1-5H3,(H,39,43)/t34-/m0/s1. The lowest BCUT2D eigenvalue weighted by atomic mass is 10.0. The third-order valence-electron chi connectivity index (χ3n) is 7.60. The zero-order valence-corrected chi connectivity index (χ0v) is 28.6. The van der Waals surface area contributed by atoms with Crippen LogP contribution in [0.4, 0.5) is 5.69 Å². The van der Waals surface area contributed by atoms with Crippen molar-refractivity contribution in [3.63, 3.8) is 0 Å². The minimum Gasteiger partial charge on any atom is -0.350 e. The van der Waals surface area contributed by atoms with Crippen molar-refractivity contribution in [2.45, 2.75) is 70.5 Å². The van der Waals surface area contributed by atoms with E-state index in [0.29, 0.717) is 22.7 Å². The second-order valence-electron chi connectivity index (χ2n) is 12.4. The monoisotopic (exact) mass is 659 g/mol. The summed E-state index contributed by atoms with van der Waals surface area (Å²) in [5.74, 6) is -0.884. The van der Waals surface area contributed by atoms with Crippen LogP contribution in [-0.4, -0.2) is 43.3 Å². The third-order valence-corrected chi connectivity index (χ3v) is 9.74. The van der Waals surface area contributed by atoms with Crippen LogP contribution in [0.1, 0.15) is 49.9 Å². The molecule has 1 N–H and O–H groups in total. The number of carbonyl (C=O) groups is 2. The van der Waals surface area contributed by atoms with Crippen molar-refractivity contribution < 1.29 is 18.0 Å². The molecule has 0 aromatic heterocycles. The van der Waals surface area contributed by atoms with Gasteiger partial charge in [0.2, 0.25) is 11.8 Å². The molecule has 0 fully saturated rings. The number of hydrogen-bond acceptors (Lipinski definition) is 4. The van der Waals surface area contributed by atoms with E-state index in [1.165, 1.54) is 9.21 Å². The lowest BCUT2D eigenvalue weighted by molar-refractivity contribution is -0.140. The summed E-state index contributed by atoms with van der Waals surface area (Å²) < 4.78 is 29.8. The molecule has 242 valence electrons.